The van der Waals surface area contributed by atoms with Crippen LogP contribution in [0.15, 0.2) is 48.5 Å². The number of benzene rings is 2. The summed E-state index contributed by atoms with van der Waals surface area (Å²) in [5, 5.41) is 2.66. The number of carbonyl (C=O) groups excluding carboxylic acids is 1. The van der Waals surface area contributed by atoms with Crippen molar-refractivity contribution in [2.75, 3.05) is 51.3 Å². The fourth-order valence-electron chi connectivity index (χ4n) is 5.88. The average molecular weight is 606 g/mol. The van der Waals surface area contributed by atoms with Gasteiger partial charge in [0.1, 0.15) is 29.2 Å². The second-order valence-corrected chi connectivity index (χ2v) is 12.7. The zero-order chi connectivity index (χ0) is 30.3. The van der Waals surface area contributed by atoms with Crippen molar-refractivity contribution in [1.82, 2.24) is 19.8 Å². The van der Waals surface area contributed by atoms with Crippen LogP contribution in [0.3, 0.4) is 0 Å². The van der Waals surface area contributed by atoms with Gasteiger partial charge in [-0.15, -0.1) is 0 Å². The molecule has 0 spiro atoms. The Morgan fingerprint density at radius 2 is 1.77 bits per heavy atom. The van der Waals surface area contributed by atoms with Crippen molar-refractivity contribution in [1.29, 1.82) is 0 Å². The first kappa shape index (κ1) is 29.4. The number of nitrogens with zero attached hydrogens (tertiary/aromatic N) is 5. The summed E-state index contributed by atoms with van der Waals surface area (Å²) in [7, 11) is 2.09. The predicted octanol–water partition coefficient (Wildman–Crippen LogP) is 6.77. The third kappa shape index (κ3) is 6.06. The third-order valence-corrected chi connectivity index (χ3v) is 8.50. The number of rotatable bonds is 5. The topological polar surface area (TPSA) is 71.0 Å². The van der Waals surface area contributed by atoms with Crippen LogP contribution in [0, 0.1) is 5.82 Å². The van der Waals surface area contributed by atoms with E-state index in [1.165, 1.54) is 0 Å². The fraction of sp³-hybridized carbons (Fsp3) is 0.424. The van der Waals surface area contributed by atoms with Crippen molar-refractivity contribution < 1.29 is 18.7 Å². The summed E-state index contributed by atoms with van der Waals surface area (Å²) in [5.41, 5.74) is 0.373. The fourth-order valence-corrected chi connectivity index (χ4v) is 6.16. The lowest BCUT2D eigenvalue weighted by atomic mass is 10.0. The monoisotopic (exact) mass is 605 g/mol. The number of likely N-dealkylation sites (N-methyl/N-ethyl adjacent to an activating group) is 1. The molecule has 226 valence electrons. The van der Waals surface area contributed by atoms with Gasteiger partial charge in [-0.3, -0.25) is 0 Å². The van der Waals surface area contributed by atoms with Gasteiger partial charge in [0.15, 0.2) is 5.82 Å². The molecule has 2 saturated heterocycles. The molecule has 0 N–H and O–H groups in total. The Labute approximate surface area is 256 Å². The van der Waals surface area contributed by atoms with Crippen LogP contribution in [0.25, 0.3) is 32.9 Å². The highest BCUT2D eigenvalue weighted by Gasteiger charge is 2.28. The molecule has 0 bridgehead atoms. The van der Waals surface area contributed by atoms with Gasteiger partial charge in [-0.05, 0) is 70.8 Å². The molecule has 2 aliphatic heterocycles. The molecule has 6 rings (SSSR count). The van der Waals surface area contributed by atoms with E-state index in [-0.39, 0.29) is 23.3 Å². The van der Waals surface area contributed by atoms with Crippen molar-refractivity contribution in [2.45, 2.75) is 45.3 Å². The van der Waals surface area contributed by atoms with E-state index in [0.717, 1.165) is 30.2 Å². The van der Waals surface area contributed by atoms with Crippen molar-refractivity contribution >= 4 is 45.2 Å². The van der Waals surface area contributed by atoms with E-state index in [2.05, 4.69) is 16.8 Å². The van der Waals surface area contributed by atoms with Crippen LogP contribution in [0.2, 0.25) is 5.02 Å². The smallest absolute Gasteiger partial charge is 0.410 e. The van der Waals surface area contributed by atoms with E-state index in [9.17, 15) is 4.79 Å². The number of piperazine rings is 1. The minimum absolute atomic E-state index is 0.153. The molecule has 2 fully saturated rings. The summed E-state index contributed by atoms with van der Waals surface area (Å²) < 4.78 is 28.4. The summed E-state index contributed by atoms with van der Waals surface area (Å²) in [5.74, 6) is 0.455. The normalized spacial score (nSPS) is 18.0. The Balaban J connectivity index is 1.38. The summed E-state index contributed by atoms with van der Waals surface area (Å²) in [6, 6.07) is 15.3. The largest absolute Gasteiger partial charge is 0.475 e. The SMILES string of the molecule is CN1CCC[C@@H]1COc1nc(-c2cccc3cccc(Cl)c23)c(F)c2nc(N3CCN(C(=O)OC(C)(C)C)CC3)ccc12. The number of hydrogen-bond donors (Lipinski definition) is 0. The van der Waals surface area contributed by atoms with Gasteiger partial charge in [0.2, 0.25) is 5.88 Å². The van der Waals surface area contributed by atoms with Crippen LogP contribution in [0.5, 0.6) is 5.88 Å². The average Bonchev–Trinajstić information content (AvgIpc) is 3.40. The van der Waals surface area contributed by atoms with E-state index in [1.54, 1.807) is 11.0 Å². The van der Waals surface area contributed by atoms with Crippen LogP contribution in [-0.4, -0.2) is 83.9 Å². The van der Waals surface area contributed by atoms with Crippen molar-refractivity contribution in [3.63, 3.8) is 0 Å². The summed E-state index contributed by atoms with van der Waals surface area (Å²) >= 11 is 6.64. The highest BCUT2D eigenvalue weighted by Crippen LogP contribution is 2.38. The van der Waals surface area contributed by atoms with Gasteiger partial charge >= 0.3 is 6.09 Å². The molecule has 4 aromatic rings. The Bertz CT molecular complexity index is 1660. The first-order valence-corrected chi connectivity index (χ1v) is 15.2. The van der Waals surface area contributed by atoms with Crippen molar-refractivity contribution in [2.24, 2.45) is 0 Å². The third-order valence-electron chi connectivity index (χ3n) is 8.19. The van der Waals surface area contributed by atoms with Crippen LogP contribution >= 0.6 is 11.6 Å². The maximum absolute atomic E-state index is 16.6. The number of aromatic nitrogens is 2. The number of pyridine rings is 2. The van der Waals surface area contributed by atoms with Gasteiger partial charge in [0.05, 0.1) is 5.39 Å². The minimum Gasteiger partial charge on any atom is -0.475 e. The second-order valence-electron chi connectivity index (χ2n) is 12.3. The molecule has 1 atom stereocenters. The van der Waals surface area contributed by atoms with Gasteiger partial charge in [0.25, 0.3) is 0 Å². The second kappa shape index (κ2) is 11.8. The van der Waals surface area contributed by atoms with Crippen LogP contribution < -0.4 is 9.64 Å². The molecule has 1 amide bonds. The highest BCUT2D eigenvalue weighted by molar-refractivity contribution is 6.36. The summed E-state index contributed by atoms with van der Waals surface area (Å²) in [6.45, 7) is 9.11. The number of carbonyl (C=O) groups is 1. The minimum atomic E-state index is -0.557. The van der Waals surface area contributed by atoms with E-state index < -0.39 is 11.4 Å². The standard InChI is InChI=1S/C33H37ClFN5O3/c1-33(2,3)43-32(41)40-18-16-39(17-19-40)26-14-13-24-30(36-26)28(35)29(37-31(24)42-20-22-10-7-15-38(22)4)23-11-5-8-21-9-6-12-25(34)27(21)23/h5-6,8-9,11-14,22H,7,10,15-20H2,1-4H3/t22-/m1/s1. The molecular formula is C33H37ClFN5O3. The number of anilines is 1. The van der Waals surface area contributed by atoms with Crippen molar-refractivity contribution in [3.8, 4) is 17.1 Å². The zero-order valence-electron chi connectivity index (χ0n) is 25.1. The summed E-state index contributed by atoms with van der Waals surface area (Å²) in [4.78, 5) is 28.2. The molecule has 0 unspecified atom stereocenters. The lowest BCUT2D eigenvalue weighted by molar-refractivity contribution is 0.0240. The van der Waals surface area contributed by atoms with E-state index >= 15 is 4.39 Å². The lowest BCUT2D eigenvalue weighted by Gasteiger charge is -2.36. The molecule has 0 saturated carbocycles. The first-order valence-electron chi connectivity index (χ1n) is 14.8. The van der Waals surface area contributed by atoms with Crippen LogP contribution in [0.1, 0.15) is 33.6 Å². The van der Waals surface area contributed by atoms with Crippen molar-refractivity contribution in [3.05, 3.63) is 59.4 Å². The molecule has 43 heavy (non-hydrogen) atoms. The number of hydrogen-bond acceptors (Lipinski definition) is 7. The molecular weight excluding hydrogens is 569 g/mol. The summed E-state index contributed by atoms with van der Waals surface area (Å²) in [6.07, 6.45) is 1.83. The molecule has 10 heteroatoms. The van der Waals surface area contributed by atoms with E-state index in [1.807, 2.05) is 63.2 Å². The zero-order valence-corrected chi connectivity index (χ0v) is 25.8. The van der Waals surface area contributed by atoms with Crippen LogP contribution in [-0.2, 0) is 4.74 Å². The molecule has 0 aliphatic carbocycles. The molecule has 2 aromatic heterocycles. The Kier molecular flexibility index (Phi) is 8.04. The maximum Gasteiger partial charge on any atom is 0.410 e. The highest BCUT2D eigenvalue weighted by atomic mass is 35.5. The number of fused-ring (bicyclic) bond motifs is 2. The number of likely N-dealkylation sites (tertiary alicyclic amines) is 1. The van der Waals surface area contributed by atoms with Gasteiger partial charge < -0.3 is 24.2 Å². The Hall–Kier alpha value is -3.69. The Morgan fingerprint density at radius 3 is 2.47 bits per heavy atom. The van der Waals surface area contributed by atoms with E-state index in [4.69, 9.17) is 31.0 Å². The van der Waals surface area contributed by atoms with Gasteiger partial charge in [-0.2, -0.15) is 0 Å². The van der Waals surface area contributed by atoms with E-state index in [0.29, 0.717) is 60.5 Å². The molecule has 0 radical (unpaired) electrons. The number of ether oxygens (including phenoxy) is 2. The molecule has 2 aromatic carbocycles. The lowest BCUT2D eigenvalue weighted by Crippen LogP contribution is -2.50. The molecule has 4 heterocycles. The predicted molar refractivity (Wildman–Crippen MR) is 169 cm³/mol. The quantitative estimate of drug-likeness (QED) is 0.248. The van der Waals surface area contributed by atoms with Crippen LogP contribution in [0.4, 0.5) is 15.0 Å². The van der Waals surface area contributed by atoms with Gasteiger partial charge in [0, 0.05) is 48.2 Å². The Morgan fingerprint density at radius 1 is 1.02 bits per heavy atom. The molecule has 8 nitrogen and oxygen atoms in total. The maximum atomic E-state index is 16.6. The van der Waals surface area contributed by atoms with Gasteiger partial charge in [-0.1, -0.05) is 41.9 Å². The number of amides is 1. The molecule has 2 aliphatic rings. The van der Waals surface area contributed by atoms with Gasteiger partial charge in [-0.25, -0.2) is 19.2 Å². The number of halogens is 2. The first-order chi connectivity index (χ1) is 20.6.